The van der Waals surface area contributed by atoms with Crippen LogP contribution in [0.15, 0.2) is 30.3 Å². The molecule has 3 saturated heterocycles. The second-order valence-corrected chi connectivity index (χ2v) is 6.26. The fourth-order valence-electron chi connectivity index (χ4n) is 3.61. The van der Waals surface area contributed by atoms with E-state index in [0.29, 0.717) is 25.8 Å². The van der Waals surface area contributed by atoms with Crippen molar-refractivity contribution < 1.29 is 19.4 Å². The third-order valence-corrected chi connectivity index (χ3v) is 4.90. The van der Waals surface area contributed by atoms with Crippen LogP contribution >= 0.6 is 0 Å². The molecule has 3 fully saturated rings. The monoisotopic (exact) mass is 318 g/mol. The number of benzene rings is 1. The minimum Gasteiger partial charge on any atom is -0.363 e. The molecule has 23 heavy (non-hydrogen) atoms. The summed E-state index contributed by atoms with van der Waals surface area (Å²) in [6.07, 6.45) is 1.50. The highest BCUT2D eigenvalue weighted by Gasteiger charge is 2.55. The van der Waals surface area contributed by atoms with Gasteiger partial charge in [0.1, 0.15) is 6.04 Å². The molecule has 1 aromatic carbocycles. The average molecular weight is 318 g/mol. The third-order valence-electron chi connectivity index (χ3n) is 4.90. The smallest absolute Gasteiger partial charge is 0.251 e. The van der Waals surface area contributed by atoms with Crippen LogP contribution in [-0.2, 0) is 20.9 Å². The lowest BCUT2D eigenvalue weighted by Gasteiger charge is -2.50. The van der Waals surface area contributed by atoms with Gasteiger partial charge in [-0.05, 0) is 18.4 Å². The number of hydrogen-bond acceptors (Lipinski definition) is 4. The Morgan fingerprint density at radius 1 is 1.26 bits per heavy atom. The standard InChI is InChI=1S/C17H22N2O4/c1-18-14-16(21)19(11-12-7-4-3-5-8-12)13(15(18)20)9-6-10-17(14,22)23-2/h3-5,7-8,13-14,22H,6,9-11H2,1-2H3/t13-,14+,17-/m0/s1. The van der Waals surface area contributed by atoms with E-state index >= 15 is 0 Å². The minimum atomic E-state index is -1.64. The Morgan fingerprint density at radius 2 is 1.96 bits per heavy atom. The Labute approximate surface area is 135 Å². The van der Waals surface area contributed by atoms with E-state index in [1.165, 1.54) is 12.0 Å². The number of hydrogen-bond donors (Lipinski definition) is 1. The first-order chi connectivity index (χ1) is 11.0. The summed E-state index contributed by atoms with van der Waals surface area (Å²) >= 11 is 0. The van der Waals surface area contributed by atoms with Crippen LogP contribution in [0.1, 0.15) is 24.8 Å². The lowest BCUT2D eigenvalue weighted by Crippen LogP contribution is -2.71. The van der Waals surface area contributed by atoms with Crippen molar-refractivity contribution in [2.45, 2.75) is 43.7 Å². The number of nitrogens with zero attached hydrogens (tertiary/aromatic N) is 2. The number of carbonyl (C=O) groups is 2. The Morgan fingerprint density at radius 3 is 2.61 bits per heavy atom. The summed E-state index contributed by atoms with van der Waals surface area (Å²) in [7, 11) is 2.94. The van der Waals surface area contributed by atoms with Crippen LogP contribution in [0.5, 0.6) is 0 Å². The van der Waals surface area contributed by atoms with E-state index in [9.17, 15) is 14.7 Å². The van der Waals surface area contributed by atoms with Gasteiger partial charge >= 0.3 is 0 Å². The molecule has 3 heterocycles. The van der Waals surface area contributed by atoms with Crippen LogP contribution < -0.4 is 0 Å². The predicted molar refractivity (Wildman–Crippen MR) is 83.1 cm³/mol. The Bertz CT molecular complexity index is 606. The van der Waals surface area contributed by atoms with E-state index in [1.54, 1.807) is 11.9 Å². The molecule has 1 aromatic rings. The highest BCUT2D eigenvalue weighted by atomic mass is 16.6. The zero-order chi connectivity index (χ0) is 16.6. The first-order valence-electron chi connectivity index (χ1n) is 7.86. The van der Waals surface area contributed by atoms with E-state index in [-0.39, 0.29) is 11.8 Å². The van der Waals surface area contributed by atoms with Gasteiger partial charge < -0.3 is 19.6 Å². The number of aliphatic hydroxyl groups is 1. The van der Waals surface area contributed by atoms with Crippen LogP contribution in [0.25, 0.3) is 0 Å². The van der Waals surface area contributed by atoms with Gasteiger partial charge in [-0.3, -0.25) is 9.59 Å². The Hall–Kier alpha value is -1.92. The molecule has 2 bridgehead atoms. The molecule has 3 aliphatic rings. The molecule has 0 aliphatic carbocycles. The van der Waals surface area contributed by atoms with Crippen LogP contribution in [0.3, 0.4) is 0 Å². The molecule has 0 radical (unpaired) electrons. The fourth-order valence-corrected chi connectivity index (χ4v) is 3.61. The SMILES string of the molecule is CO[C@@]1(O)CCC[C@H]2C(=O)N(C)[C@@H]1C(=O)N2Cc1ccccc1. The number of likely N-dealkylation sites (N-methyl/N-ethyl adjacent to an activating group) is 1. The zero-order valence-corrected chi connectivity index (χ0v) is 13.4. The van der Waals surface area contributed by atoms with E-state index in [1.807, 2.05) is 30.3 Å². The maximum absolute atomic E-state index is 13.0. The van der Waals surface area contributed by atoms with Gasteiger partial charge in [-0.2, -0.15) is 0 Å². The predicted octanol–water partition coefficient (Wildman–Crippen LogP) is 0.743. The highest BCUT2D eigenvalue weighted by molar-refractivity contribution is 5.97. The maximum atomic E-state index is 13.0. The Balaban J connectivity index is 1.98. The van der Waals surface area contributed by atoms with Crippen molar-refractivity contribution in [1.29, 1.82) is 0 Å². The quantitative estimate of drug-likeness (QED) is 0.835. The van der Waals surface area contributed by atoms with Gasteiger partial charge in [0.25, 0.3) is 5.91 Å². The molecule has 3 atom stereocenters. The van der Waals surface area contributed by atoms with Gasteiger partial charge in [0, 0.05) is 27.1 Å². The van der Waals surface area contributed by atoms with E-state index in [4.69, 9.17) is 4.74 Å². The molecular weight excluding hydrogens is 296 g/mol. The van der Waals surface area contributed by atoms with Crippen LogP contribution in [0.2, 0.25) is 0 Å². The van der Waals surface area contributed by atoms with Crippen LogP contribution in [-0.4, -0.2) is 58.7 Å². The van der Waals surface area contributed by atoms with Gasteiger partial charge in [-0.15, -0.1) is 0 Å². The molecule has 124 valence electrons. The number of fused-ring (bicyclic) bond motifs is 5. The number of carbonyl (C=O) groups excluding carboxylic acids is 2. The molecule has 0 aromatic heterocycles. The van der Waals surface area contributed by atoms with Crippen molar-refractivity contribution >= 4 is 11.8 Å². The molecular formula is C17H22N2O4. The summed E-state index contributed by atoms with van der Waals surface area (Å²) in [6.45, 7) is 0.361. The van der Waals surface area contributed by atoms with E-state index in [2.05, 4.69) is 0 Å². The Kier molecular flexibility index (Phi) is 4.12. The molecule has 6 heteroatoms. The summed E-state index contributed by atoms with van der Waals surface area (Å²) < 4.78 is 5.24. The normalized spacial score (nSPS) is 31.3. The fraction of sp³-hybridized carbons (Fsp3) is 0.529. The number of amides is 2. The topological polar surface area (TPSA) is 70.1 Å². The lowest BCUT2D eigenvalue weighted by atomic mass is 9.87. The maximum Gasteiger partial charge on any atom is 0.251 e. The summed E-state index contributed by atoms with van der Waals surface area (Å²) in [5.74, 6) is -2.03. The second-order valence-electron chi connectivity index (χ2n) is 6.26. The van der Waals surface area contributed by atoms with Crippen molar-refractivity contribution in [2.75, 3.05) is 14.2 Å². The van der Waals surface area contributed by atoms with Gasteiger partial charge in [0.2, 0.25) is 5.91 Å². The molecule has 6 nitrogen and oxygen atoms in total. The second kappa shape index (κ2) is 5.94. The summed E-state index contributed by atoms with van der Waals surface area (Å²) in [4.78, 5) is 28.6. The van der Waals surface area contributed by atoms with Crippen LogP contribution in [0, 0.1) is 0 Å². The summed E-state index contributed by atoms with van der Waals surface area (Å²) in [5.41, 5.74) is 0.962. The molecule has 1 N–H and O–H groups in total. The van der Waals surface area contributed by atoms with Gasteiger partial charge in [0.15, 0.2) is 11.8 Å². The highest BCUT2D eigenvalue weighted by Crippen LogP contribution is 2.35. The average Bonchev–Trinajstić information content (AvgIpc) is 2.55. The number of rotatable bonds is 3. The van der Waals surface area contributed by atoms with Crippen molar-refractivity contribution in [3.63, 3.8) is 0 Å². The lowest BCUT2D eigenvalue weighted by molar-refractivity contribution is -0.241. The molecule has 4 rings (SSSR count). The van der Waals surface area contributed by atoms with Crippen molar-refractivity contribution in [3.05, 3.63) is 35.9 Å². The summed E-state index contributed by atoms with van der Waals surface area (Å²) in [5, 5.41) is 10.7. The number of ether oxygens (including phenoxy) is 1. The molecule has 0 spiro atoms. The number of methoxy groups -OCH3 is 1. The van der Waals surface area contributed by atoms with Crippen LogP contribution in [0.4, 0.5) is 0 Å². The van der Waals surface area contributed by atoms with Gasteiger partial charge in [0.05, 0.1) is 0 Å². The van der Waals surface area contributed by atoms with Crippen molar-refractivity contribution in [1.82, 2.24) is 9.80 Å². The van der Waals surface area contributed by atoms with Crippen molar-refractivity contribution in [2.24, 2.45) is 0 Å². The molecule has 0 saturated carbocycles. The minimum absolute atomic E-state index is 0.138. The first-order valence-corrected chi connectivity index (χ1v) is 7.86. The van der Waals surface area contributed by atoms with Gasteiger partial charge in [-0.1, -0.05) is 30.3 Å². The molecule has 0 unspecified atom stereocenters. The molecule has 2 amide bonds. The molecule has 3 aliphatic heterocycles. The first kappa shape index (κ1) is 16.0. The zero-order valence-electron chi connectivity index (χ0n) is 13.4. The van der Waals surface area contributed by atoms with Crippen molar-refractivity contribution in [3.8, 4) is 0 Å². The number of piperazine rings is 1. The third kappa shape index (κ3) is 2.62. The van der Waals surface area contributed by atoms with E-state index in [0.717, 1.165) is 5.56 Å². The van der Waals surface area contributed by atoms with Gasteiger partial charge in [-0.25, -0.2) is 0 Å². The largest absolute Gasteiger partial charge is 0.363 e. The summed E-state index contributed by atoms with van der Waals surface area (Å²) in [6, 6.07) is 8.11. The van der Waals surface area contributed by atoms with E-state index < -0.39 is 17.9 Å².